The predicted molar refractivity (Wildman–Crippen MR) is 99.4 cm³/mol. The summed E-state index contributed by atoms with van der Waals surface area (Å²) in [5.74, 6) is 0.269. The second-order valence-corrected chi connectivity index (χ2v) is 8.14. The van der Waals surface area contributed by atoms with Crippen LogP contribution in [0.15, 0.2) is 34.1 Å². The smallest absolute Gasteiger partial charge is 0.185 e. The minimum absolute atomic E-state index is 0.269. The lowest BCUT2D eigenvalue weighted by molar-refractivity contribution is -0.115. The number of hydrogen-bond acceptors (Lipinski definition) is 4. The highest BCUT2D eigenvalue weighted by atomic mass is 79.9. The van der Waals surface area contributed by atoms with Gasteiger partial charge in [0.2, 0.25) is 0 Å². The maximum absolute atomic E-state index is 11.8. The van der Waals surface area contributed by atoms with Gasteiger partial charge in [0, 0.05) is 34.4 Å². The van der Waals surface area contributed by atoms with Crippen LogP contribution < -0.4 is 4.90 Å². The van der Waals surface area contributed by atoms with E-state index in [1.807, 2.05) is 18.8 Å². The van der Waals surface area contributed by atoms with Crippen molar-refractivity contribution < 1.29 is 4.79 Å². The Bertz CT molecular complexity index is 650. The van der Waals surface area contributed by atoms with Gasteiger partial charge in [-0.05, 0) is 31.6 Å². The van der Waals surface area contributed by atoms with E-state index in [0.717, 1.165) is 46.8 Å². The van der Waals surface area contributed by atoms with Crippen LogP contribution in [0, 0.1) is 5.92 Å². The Labute approximate surface area is 145 Å². The lowest BCUT2D eigenvalue weighted by atomic mass is 9.99. The maximum Gasteiger partial charge on any atom is 0.185 e. The number of thiazole rings is 1. The molecular weight excluding hydrogens is 379 g/mol. The molecule has 6 heteroatoms. The third kappa shape index (κ3) is 3.58. The summed E-state index contributed by atoms with van der Waals surface area (Å²) in [6.07, 6.45) is 1.93. The number of nitrogens with zero attached hydrogens (tertiary/aromatic N) is 2. The van der Waals surface area contributed by atoms with Crippen LogP contribution in [0.3, 0.4) is 0 Å². The largest absolute Gasteiger partial charge is 0.348 e. The fourth-order valence-electron chi connectivity index (χ4n) is 2.70. The fraction of sp³-hybridized carbons (Fsp3) is 0.375. The topological polar surface area (TPSA) is 33.2 Å². The summed E-state index contributed by atoms with van der Waals surface area (Å²) in [4.78, 5) is 18.9. The van der Waals surface area contributed by atoms with E-state index in [0.29, 0.717) is 14.1 Å². The van der Waals surface area contributed by atoms with E-state index >= 15 is 0 Å². The summed E-state index contributed by atoms with van der Waals surface area (Å²) in [5, 5.41) is 3.19. The van der Waals surface area contributed by atoms with Gasteiger partial charge in [-0.2, -0.15) is 0 Å². The third-order valence-electron chi connectivity index (χ3n) is 4.01. The van der Waals surface area contributed by atoms with Gasteiger partial charge in [0.15, 0.2) is 10.7 Å². The number of aromatic nitrogens is 1. The van der Waals surface area contributed by atoms with Gasteiger partial charge in [0.25, 0.3) is 0 Å². The van der Waals surface area contributed by atoms with E-state index < -0.39 is 0 Å². The van der Waals surface area contributed by atoms with Gasteiger partial charge in [-0.25, -0.2) is 4.98 Å². The van der Waals surface area contributed by atoms with Gasteiger partial charge in [0.05, 0.1) is 5.69 Å². The first-order valence-electron chi connectivity index (χ1n) is 7.35. The van der Waals surface area contributed by atoms with Crippen molar-refractivity contribution in [3.05, 3.63) is 34.1 Å². The molecule has 1 aromatic heterocycles. The van der Waals surface area contributed by atoms with E-state index in [9.17, 15) is 4.79 Å². The van der Waals surface area contributed by atoms with Gasteiger partial charge in [-0.15, -0.1) is 11.3 Å². The van der Waals surface area contributed by atoms with Crippen molar-refractivity contribution in [2.45, 2.75) is 12.8 Å². The van der Waals surface area contributed by atoms with Gasteiger partial charge in [0.1, 0.15) is 0 Å². The highest BCUT2D eigenvalue weighted by molar-refractivity contribution is 9.10. The molecule has 2 heterocycles. The highest BCUT2D eigenvalue weighted by Crippen LogP contribution is 2.32. The molecule has 116 valence electrons. The summed E-state index contributed by atoms with van der Waals surface area (Å²) < 4.78 is 1.08. The minimum atomic E-state index is 0.269. The molecule has 1 fully saturated rings. The van der Waals surface area contributed by atoms with Gasteiger partial charge >= 0.3 is 0 Å². The maximum atomic E-state index is 11.8. The monoisotopic (exact) mass is 396 g/mol. The summed E-state index contributed by atoms with van der Waals surface area (Å²) in [6.45, 7) is 3.86. The molecule has 0 saturated carbocycles. The van der Waals surface area contributed by atoms with Crippen molar-refractivity contribution in [1.82, 2.24) is 4.98 Å². The second-order valence-electron chi connectivity index (χ2n) is 5.40. The first-order chi connectivity index (χ1) is 10.7. The molecule has 22 heavy (non-hydrogen) atoms. The number of rotatable bonds is 4. The van der Waals surface area contributed by atoms with Crippen molar-refractivity contribution in [1.29, 1.82) is 0 Å². The molecule has 1 saturated heterocycles. The molecule has 1 aromatic carbocycles. The number of hydrogen-bond donors (Lipinski definition) is 0. The van der Waals surface area contributed by atoms with Crippen molar-refractivity contribution in [2.24, 2.45) is 5.92 Å². The van der Waals surface area contributed by atoms with Crippen LogP contribution in [0.25, 0.3) is 11.3 Å². The van der Waals surface area contributed by atoms with Gasteiger partial charge < -0.3 is 4.90 Å². The highest BCUT2D eigenvalue weighted by Gasteiger charge is 2.25. The van der Waals surface area contributed by atoms with Gasteiger partial charge in [-0.1, -0.05) is 36.6 Å². The van der Waals surface area contributed by atoms with E-state index in [2.05, 4.69) is 38.3 Å². The van der Waals surface area contributed by atoms with E-state index in [1.165, 1.54) is 0 Å². The normalized spacial score (nSPS) is 16.5. The van der Waals surface area contributed by atoms with Crippen LogP contribution in [-0.4, -0.2) is 30.3 Å². The third-order valence-corrected chi connectivity index (χ3v) is 6.35. The minimum Gasteiger partial charge on any atom is -0.348 e. The molecule has 0 radical (unpaired) electrons. The number of carbonyl (C=O) groups excluding carboxylic acids is 1. The average molecular weight is 397 g/mol. The lowest BCUT2D eigenvalue weighted by Gasteiger charge is -2.30. The quantitative estimate of drug-likeness (QED) is 0.706. The van der Waals surface area contributed by atoms with Crippen LogP contribution in [0.2, 0.25) is 0 Å². The van der Waals surface area contributed by atoms with Crippen LogP contribution in [0.5, 0.6) is 0 Å². The Morgan fingerprint density at radius 1 is 1.32 bits per heavy atom. The molecule has 1 unspecified atom stereocenters. The Balaban J connectivity index is 1.67. The average Bonchev–Trinajstić information content (AvgIpc) is 3.05. The predicted octanol–water partition coefficient (Wildman–Crippen LogP) is 4.62. The first kappa shape index (κ1) is 16.1. The Hall–Kier alpha value is -0.770. The number of anilines is 1. The zero-order valence-electron chi connectivity index (χ0n) is 12.4. The van der Waals surface area contributed by atoms with Crippen LogP contribution >= 0.6 is 35.8 Å². The molecule has 1 atom stereocenters. The molecule has 0 N–H and O–H groups in total. The SMILES string of the molecule is CPC(=O)C1CCN(c2nc(-c3ccc(Br)cc3)cs2)CC1. The Kier molecular flexibility index (Phi) is 5.27. The van der Waals surface area contributed by atoms with Crippen molar-refractivity contribution in [3.8, 4) is 11.3 Å². The molecule has 2 aromatic rings. The number of halogens is 1. The Morgan fingerprint density at radius 3 is 2.64 bits per heavy atom. The number of benzene rings is 1. The van der Waals surface area contributed by atoms with Crippen LogP contribution in [0.4, 0.5) is 5.13 Å². The number of piperidine rings is 1. The molecule has 0 amide bonds. The van der Waals surface area contributed by atoms with Crippen LogP contribution in [-0.2, 0) is 4.79 Å². The summed E-state index contributed by atoms with van der Waals surface area (Å²) in [7, 11) is 0.431. The molecule has 3 rings (SSSR count). The lowest BCUT2D eigenvalue weighted by Crippen LogP contribution is -2.35. The van der Waals surface area contributed by atoms with Crippen molar-refractivity contribution >= 4 is 46.5 Å². The molecular formula is C16H18BrN2OPS. The standard InChI is InChI=1S/C16H18BrN2OPS/c1-21-15(20)12-6-8-19(9-7-12)16-18-14(10-22-16)11-2-4-13(17)5-3-11/h2-5,10,12,21H,6-9H2,1H3. The summed E-state index contributed by atoms with van der Waals surface area (Å²) in [6, 6.07) is 8.24. The van der Waals surface area contributed by atoms with Crippen molar-refractivity contribution in [2.75, 3.05) is 24.7 Å². The van der Waals surface area contributed by atoms with E-state index in [-0.39, 0.29) is 5.92 Å². The zero-order chi connectivity index (χ0) is 15.5. The molecule has 0 bridgehead atoms. The second kappa shape index (κ2) is 7.20. The van der Waals surface area contributed by atoms with Crippen LogP contribution in [0.1, 0.15) is 12.8 Å². The molecule has 0 aliphatic carbocycles. The molecule has 0 spiro atoms. The van der Waals surface area contributed by atoms with E-state index in [4.69, 9.17) is 4.98 Å². The zero-order valence-corrected chi connectivity index (χ0v) is 15.8. The molecule has 3 nitrogen and oxygen atoms in total. The number of carbonyl (C=O) groups is 1. The first-order valence-corrected chi connectivity index (χ1v) is 10.5. The molecule has 1 aliphatic rings. The molecule has 1 aliphatic heterocycles. The Morgan fingerprint density at radius 2 is 2.00 bits per heavy atom. The van der Waals surface area contributed by atoms with Crippen molar-refractivity contribution in [3.63, 3.8) is 0 Å². The van der Waals surface area contributed by atoms with Gasteiger partial charge in [-0.3, -0.25) is 4.79 Å². The summed E-state index contributed by atoms with van der Waals surface area (Å²) in [5.41, 5.74) is 2.61. The summed E-state index contributed by atoms with van der Waals surface area (Å²) >= 11 is 5.15. The fourth-order valence-corrected chi connectivity index (χ4v) is 4.55. The van der Waals surface area contributed by atoms with E-state index in [1.54, 1.807) is 11.3 Å².